The molecule has 2 heterocycles. The molecular weight excluding hydrogens is 472 g/mol. The number of thioether (sulfide) groups is 1. The Hall–Kier alpha value is -4.24. The number of aromatic nitrogens is 4. The number of carbonyl (C=O) groups excluding carboxylic acids is 2. The van der Waals surface area contributed by atoms with E-state index in [0.29, 0.717) is 33.3 Å². The fraction of sp³-hybridized carbons (Fsp3) is 0.148. The van der Waals surface area contributed by atoms with Crippen LogP contribution in [0.4, 0.5) is 11.4 Å². The molecule has 5 aromatic rings. The monoisotopic (exact) mass is 496 g/mol. The van der Waals surface area contributed by atoms with Gasteiger partial charge in [-0.05, 0) is 56.7 Å². The Morgan fingerprint density at radius 3 is 2.53 bits per heavy atom. The molecule has 5 rings (SSSR count). The summed E-state index contributed by atoms with van der Waals surface area (Å²) >= 11 is 1.23. The number of hydrogen-bond donors (Lipinski definition) is 3. The van der Waals surface area contributed by atoms with Crippen LogP contribution in [0.15, 0.2) is 71.9 Å². The van der Waals surface area contributed by atoms with E-state index < -0.39 is 5.25 Å². The van der Waals surface area contributed by atoms with E-state index in [1.165, 1.54) is 11.8 Å². The fourth-order valence-electron chi connectivity index (χ4n) is 3.75. The highest BCUT2D eigenvalue weighted by atomic mass is 32.2. The van der Waals surface area contributed by atoms with E-state index in [-0.39, 0.29) is 11.8 Å². The van der Waals surface area contributed by atoms with Gasteiger partial charge >= 0.3 is 0 Å². The van der Waals surface area contributed by atoms with Crippen LogP contribution >= 0.6 is 11.8 Å². The Balaban J connectivity index is 1.26. The van der Waals surface area contributed by atoms with Gasteiger partial charge in [-0.25, -0.2) is 4.98 Å². The van der Waals surface area contributed by atoms with Gasteiger partial charge in [-0.2, -0.15) is 0 Å². The van der Waals surface area contributed by atoms with Gasteiger partial charge in [0.05, 0.1) is 5.25 Å². The Morgan fingerprint density at radius 2 is 1.72 bits per heavy atom. The topological polar surface area (TPSA) is 113 Å². The number of benzene rings is 3. The number of para-hydroxylation sites is 1. The molecule has 0 spiro atoms. The zero-order valence-electron chi connectivity index (χ0n) is 20.0. The summed E-state index contributed by atoms with van der Waals surface area (Å²) in [5, 5.41) is 15.3. The Kier molecular flexibility index (Phi) is 6.39. The second-order valence-corrected chi connectivity index (χ2v) is 9.87. The summed E-state index contributed by atoms with van der Waals surface area (Å²) < 4.78 is 0. The smallest absolute Gasteiger partial charge is 0.255 e. The number of nitrogens with zero attached hydrogens (tertiary/aromatic N) is 3. The molecule has 36 heavy (non-hydrogen) atoms. The first-order chi connectivity index (χ1) is 17.4. The third kappa shape index (κ3) is 4.92. The fourth-order valence-corrected chi connectivity index (χ4v) is 4.46. The van der Waals surface area contributed by atoms with Crippen molar-refractivity contribution in [1.29, 1.82) is 0 Å². The van der Waals surface area contributed by atoms with Crippen LogP contribution in [-0.2, 0) is 4.79 Å². The maximum atomic E-state index is 12.9. The van der Waals surface area contributed by atoms with Crippen LogP contribution in [0, 0.1) is 13.8 Å². The molecule has 3 N–H and O–H groups in total. The molecule has 1 unspecified atom stereocenters. The molecule has 0 bridgehead atoms. The molecule has 0 fully saturated rings. The van der Waals surface area contributed by atoms with E-state index in [4.69, 9.17) is 0 Å². The Morgan fingerprint density at radius 1 is 0.944 bits per heavy atom. The van der Waals surface area contributed by atoms with Gasteiger partial charge in [0, 0.05) is 27.8 Å². The molecule has 2 amide bonds. The average Bonchev–Trinajstić information content (AvgIpc) is 3.24. The number of carbonyl (C=O) groups is 2. The lowest BCUT2D eigenvalue weighted by Gasteiger charge is -2.14. The van der Waals surface area contributed by atoms with Crippen LogP contribution in [-0.4, -0.2) is 37.2 Å². The largest absolute Gasteiger partial charge is 0.338 e. The lowest BCUT2D eigenvalue weighted by molar-refractivity contribution is -0.115. The molecule has 3 aromatic carbocycles. The van der Waals surface area contributed by atoms with Gasteiger partial charge in [-0.15, -0.1) is 10.2 Å². The van der Waals surface area contributed by atoms with Crippen LogP contribution in [0.5, 0.6) is 0 Å². The molecule has 0 saturated carbocycles. The Bertz CT molecular complexity index is 1600. The summed E-state index contributed by atoms with van der Waals surface area (Å²) in [6.45, 7) is 5.66. The van der Waals surface area contributed by atoms with Crippen molar-refractivity contribution in [3.05, 3.63) is 83.4 Å². The van der Waals surface area contributed by atoms with Crippen molar-refractivity contribution >= 4 is 57.0 Å². The normalized spacial score (nSPS) is 12.0. The van der Waals surface area contributed by atoms with Gasteiger partial charge < -0.3 is 15.6 Å². The first kappa shape index (κ1) is 23.5. The summed E-state index contributed by atoms with van der Waals surface area (Å²) in [5.74, 6) is -0.414. The van der Waals surface area contributed by atoms with Crippen LogP contribution in [0.1, 0.15) is 28.4 Å². The van der Waals surface area contributed by atoms with Crippen LogP contribution in [0.3, 0.4) is 0 Å². The first-order valence-electron chi connectivity index (χ1n) is 11.4. The minimum atomic E-state index is -0.472. The van der Waals surface area contributed by atoms with Crippen molar-refractivity contribution in [2.45, 2.75) is 31.2 Å². The third-order valence-corrected chi connectivity index (χ3v) is 6.77. The standard InChI is InChI=1S/C27H24N6O2S/c1-15-8-11-18(12-9-15)26(35)30-22-14-19(13-10-16(22)2)28-25(34)17(3)36-27-31-24-23(32-33-27)20-6-4-5-7-21(20)29-24/h4-14,17H,1-3H3,(H,28,34)(H,30,35)(H,29,31,33). The van der Waals surface area contributed by atoms with Crippen molar-refractivity contribution in [3.63, 3.8) is 0 Å². The summed E-state index contributed by atoms with van der Waals surface area (Å²) in [6, 6.07) is 20.6. The van der Waals surface area contributed by atoms with E-state index in [1.807, 2.05) is 56.3 Å². The van der Waals surface area contributed by atoms with E-state index in [9.17, 15) is 9.59 Å². The minimum absolute atomic E-state index is 0.206. The molecule has 0 radical (unpaired) electrons. The molecule has 0 aliphatic carbocycles. The Labute approximate surface area is 211 Å². The molecule has 0 saturated heterocycles. The van der Waals surface area contributed by atoms with E-state index in [1.54, 1.807) is 31.2 Å². The second kappa shape index (κ2) is 9.79. The molecule has 0 aliphatic heterocycles. The number of nitrogens with one attached hydrogen (secondary N) is 3. The maximum Gasteiger partial charge on any atom is 0.255 e. The van der Waals surface area contributed by atoms with Crippen LogP contribution < -0.4 is 10.6 Å². The van der Waals surface area contributed by atoms with Crippen molar-refractivity contribution in [1.82, 2.24) is 20.2 Å². The number of H-pyrrole nitrogens is 1. The maximum absolute atomic E-state index is 12.9. The van der Waals surface area contributed by atoms with Gasteiger partial charge in [0.1, 0.15) is 5.52 Å². The summed E-state index contributed by atoms with van der Waals surface area (Å²) in [4.78, 5) is 33.3. The summed E-state index contributed by atoms with van der Waals surface area (Å²) in [6.07, 6.45) is 0. The van der Waals surface area contributed by atoms with Crippen molar-refractivity contribution in [2.24, 2.45) is 0 Å². The quantitative estimate of drug-likeness (QED) is 0.268. The lowest BCUT2D eigenvalue weighted by atomic mass is 10.1. The molecule has 0 aliphatic rings. The number of rotatable bonds is 6. The number of anilines is 2. The number of amides is 2. The zero-order valence-corrected chi connectivity index (χ0v) is 20.8. The highest BCUT2D eigenvalue weighted by molar-refractivity contribution is 8.00. The predicted octanol–water partition coefficient (Wildman–Crippen LogP) is 5.49. The summed E-state index contributed by atoms with van der Waals surface area (Å²) in [5.41, 5.74) is 6.04. The first-order valence-corrected chi connectivity index (χ1v) is 12.3. The van der Waals surface area contributed by atoms with E-state index >= 15 is 0 Å². The predicted molar refractivity (Wildman–Crippen MR) is 143 cm³/mol. The lowest BCUT2D eigenvalue weighted by Crippen LogP contribution is -2.23. The second-order valence-electron chi connectivity index (χ2n) is 8.56. The average molecular weight is 497 g/mol. The van der Waals surface area contributed by atoms with Gasteiger partial charge in [0.2, 0.25) is 11.1 Å². The molecule has 1 atom stereocenters. The number of hydrogen-bond acceptors (Lipinski definition) is 6. The van der Waals surface area contributed by atoms with Crippen molar-refractivity contribution in [3.8, 4) is 0 Å². The molecular formula is C27H24N6O2S. The van der Waals surface area contributed by atoms with E-state index in [2.05, 4.69) is 30.8 Å². The number of aromatic amines is 1. The van der Waals surface area contributed by atoms with Crippen molar-refractivity contribution < 1.29 is 9.59 Å². The van der Waals surface area contributed by atoms with Crippen molar-refractivity contribution in [2.75, 3.05) is 10.6 Å². The van der Waals surface area contributed by atoms with Gasteiger partial charge in [-0.1, -0.05) is 53.7 Å². The SMILES string of the molecule is Cc1ccc(C(=O)Nc2cc(NC(=O)C(C)Sc3nnc4c(n3)[nH]c3ccccc34)ccc2C)cc1. The number of aryl methyl sites for hydroxylation is 2. The molecule has 2 aromatic heterocycles. The van der Waals surface area contributed by atoms with Gasteiger partial charge in [0.25, 0.3) is 5.91 Å². The molecule has 180 valence electrons. The highest BCUT2D eigenvalue weighted by Crippen LogP contribution is 2.26. The van der Waals surface area contributed by atoms with Crippen LogP contribution in [0.25, 0.3) is 22.1 Å². The molecule has 9 heteroatoms. The third-order valence-electron chi connectivity index (χ3n) is 5.82. The van der Waals surface area contributed by atoms with Crippen LogP contribution in [0.2, 0.25) is 0 Å². The number of fused-ring (bicyclic) bond motifs is 3. The summed E-state index contributed by atoms with van der Waals surface area (Å²) in [7, 11) is 0. The van der Waals surface area contributed by atoms with Gasteiger partial charge in [0.15, 0.2) is 5.65 Å². The zero-order chi connectivity index (χ0) is 25.2. The molecule has 8 nitrogen and oxygen atoms in total. The minimum Gasteiger partial charge on any atom is -0.338 e. The highest BCUT2D eigenvalue weighted by Gasteiger charge is 2.18. The van der Waals surface area contributed by atoms with E-state index in [0.717, 1.165) is 22.0 Å². The van der Waals surface area contributed by atoms with Gasteiger partial charge in [-0.3, -0.25) is 9.59 Å².